The minimum Gasteiger partial charge on any atom is -0.0984 e. The quantitative estimate of drug-likeness (QED) is 0.274. The van der Waals surface area contributed by atoms with Gasteiger partial charge in [-0.05, 0) is 135 Å². The van der Waals surface area contributed by atoms with Crippen molar-refractivity contribution >= 4 is 24.3 Å². The van der Waals surface area contributed by atoms with Crippen LogP contribution in [0.3, 0.4) is 0 Å². The molecule has 5 rings (SSSR count). The monoisotopic (exact) mass is 521 g/mol. The van der Waals surface area contributed by atoms with Crippen molar-refractivity contribution in [2.75, 3.05) is 0 Å². The Morgan fingerprint density at radius 3 is 1.74 bits per heavy atom. The summed E-state index contributed by atoms with van der Waals surface area (Å²) in [5.41, 5.74) is 20.3. The molecule has 0 unspecified atom stereocenters. The Hall–Kier alpha value is -1.76. The summed E-state index contributed by atoms with van der Waals surface area (Å²) < 4.78 is 0. The maximum Gasteiger partial charge on any atom is 0.192 e. The van der Waals surface area contributed by atoms with Gasteiger partial charge in [0, 0.05) is 0 Å². The molecule has 3 aliphatic carbocycles. The normalized spacial score (nSPS) is 17.5. The van der Waals surface area contributed by atoms with Crippen LogP contribution in [0.5, 0.6) is 0 Å². The Bertz CT molecular complexity index is 1180. The molecule has 0 N–H and O–H groups in total. The van der Waals surface area contributed by atoms with E-state index in [1.807, 2.05) is 5.56 Å². The second-order valence-electron chi connectivity index (χ2n) is 12.8. The molecule has 209 valence electrons. The molecule has 39 heavy (non-hydrogen) atoms. The third kappa shape index (κ3) is 5.46. The summed E-state index contributed by atoms with van der Waals surface area (Å²) >= 11 is 0. The topological polar surface area (TPSA) is 0 Å². The highest BCUT2D eigenvalue weighted by Crippen LogP contribution is 2.41. The lowest BCUT2D eigenvalue weighted by atomic mass is 9.53. The van der Waals surface area contributed by atoms with E-state index in [1.54, 1.807) is 55.4 Å². The lowest BCUT2D eigenvalue weighted by Crippen LogP contribution is -2.41. The molecular formula is C38H54B. The molecule has 0 saturated heterocycles. The summed E-state index contributed by atoms with van der Waals surface area (Å²) in [6.07, 6.45) is 27.0. The van der Waals surface area contributed by atoms with Gasteiger partial charge in [0.25, 0.3) is 0 Å². The first kappa shape index (κ1) is 28.8. The van der Waals surface area contributed by atoms with Crippen molar-refractivity contribution in [3.63, 3.8) is 0 Å². The van der Waals surface area contributed by atoms with Gasteiger partial charge in [-0.3, -0.25) is 0 Å². The lowest BCUT2D eigenvalue weighted by Gasteiger charge is -2.35. The number of rotatable bonds is 10. The molecule has 2 aromatic rings. The van der Waals surface area contributed by atoms with E-state index in [1.165, 1.54) is 121 Å². The lowest BCUT2D eigenvalue weighted by molar-refractivity contribution is 0.437. The summed E-state index contributed by atoms with van der Waals surface area (Å²) in [6, 6.07) is 0. The SMILES string of the molecule is C=Cc1c(CCC)c(CC)c([B]c2c(CCC)c(CC)c(C3CCCCC3)c3c2CCCC3)c2c1CCCC2. The van der Waals surface area contributed by atoms with Crippen LogP contribution >= 0.6 is 0 Å². The van der Waals surface area contributed by atoms with Crippen LogP contribution in [0.15, 0.2) is 6.58 Å². The van der Waals surface area contributed by atoms with Gasteiger partial charge in [0.2, 0.25) is 0 Å². The molecule has 0 spiro atoms. The maximum absolute atomic E-state index is 4.33. The maximum atomic E-state index is 4.33. The van der Waals surface area contributed by atoms with E-state index in [0.29, 0.717) is 0 Å². The highest BCUT2D eigenvalue weighted by molar-refractivity contribution is 6.69. The predicted octanol–water partition coefficient (Wildman–Crippen LogP) is 8.82. The van der Waals surface area contributed by atoms with Crippen LogP contribution in [0, 0.1) is 0 Å². The number of fused-ring (bicyclic) bond motifs is 2. The molecule has 0 heterocycles. The van der Waals surface area contributed by atoms with Crippen molar-refractivity contribution in [1.29, 1.82) is 0 Å². The van der Waals surface area contributed by atoms with Crippen LogP contribution in [0.2, 0.25) is 0 Å². The Kier molecular flexibility index (Phi) is 9.79. The van der Waals surface area contributed by atoms with Crippen LogP contribution in [0.4, 0.5) is 0 Å². The largest absolute Gasteiger partial charge is 0.192 e. The Morgan fingerprint density at radius 1 is 0.615 bits per heavy atom. The van der Waals surface area contributed by atoms with Crippen LogP contribution in [-0.2, 0) is 51.4 Å². The van der Waals surface area contributed by atoms with Gasteiger partial charge in [-0.2, -0.15) is 0 Å². The van der Waals surface area contributed by atoms with Crippen molar-refractivity contribution in [2.24, 2.45) is 0 Å². The van der Waals surface area contributed by atoms with Crippen LogP contribution in [-0.4, -0.2) is 7.28 Å². The number of benzene rings is 2. The van der Waals surface area contributed by atoms with Crippen LogP contribution in [0.1, 0.15) is 160 Å². The van der Waals surface area contributed by atoms with Crippen LogP contribution in [0.25, 0.3) is 6.08 Å². The molecule has 1 fully saturated rings. The third-order valence-electron chi connectivity index (χ3n) is 10.5. The molecule has 1 radical (unpaired) electrons. The van der Waals surface area contributed by atoms with Gasteiger partial charge < -0.3 is 0 Å². The zero-order valence-corrected chi connectivity index (χ0v) is 25.9. The average molecular weight is 522 g/mol. The van der Waals surface area contributed by atoms with E-state index in [-0.39, 0.29) is 0 Å². The molecule has 0 aliphatic heterocycles. The minimum absolute atomic E-state index is 0.812. The molecule has 0 bridgehead atoms. The summed E-state index contributed by atoms with van der Waals surface area (Å²) in [5.74, 6) is 0.812. The molecule has 0 nitrogen and oxygen atoms in total. The fraction of sp³-hybridized carbons (Fsp3) is 0.632. The molecule has 0 atom stereocenters. The fourth-order valence-corrected chi connectivity index (χ4v) is 8.88. The second kappa shape index (κ2) is 13.3. The van der Waals surface area contributed by atoms with Gasteiger partial charge in [-0.15, -0.1) is 0 Å². The second-order valence-corrected chi connectivity index (χ2v) is 12.8. The first-order valence-electron chi connectivity index (χ1n) is 17.0. The molecule has 3 aliphatic rings. The first-order valence-corrected chi connectivity index (χ1v) is 17.0. The number of hydrogen-bond donors (Lipinski definition) is 0. The van der Waals surface area contributed by atoms with E-state index in [9.17, 15) is 0 Å². The van der Waals surface area contributed by atoms with Gasteiger partial charge >= 0.3 is 0 Å². The standard InChI is InChI=1S/C38H54B/c1-6-18-30-27(8-3)31-22-14-16-24-34(31)37(29(30)10-5)39-38-33(19-7-2)28(9-4)36(26-20-12-11-13-21-26)32-23-15-17-25-35(32)38/h8,26H,3,6-7,9-25H2,1-2,4-5H3. The zero-order chi connectivity index (χ0) is 27.4. The average Bonchev–Trinajstić information content (AvgIpc) is 2.98. The zero-order valence-electron chi connectivity index (χ0n) is 25.9. The van der Waals surface area contributed by atoms with E-state index in [4.69, 9.17) is 0 Å². The molecular weight excluding hydrogens is 467 g/mol. The molecule has 0 aromatic heterocycles. The van der Waals surface area contributed by atoms with Gasteiger partial charge in [0.05, 0.1) is 0 Å². The third-order valence-corrected chi connectivity index (χ3v) is 10.5. The Balaban J connectivity index is 1.76. The van der Waals surface area contributed by atoms with Crippen molar-refractivity contribution < 1.29 is 0 Å². The van der Waals surface area contributed by atoms with E-state index in [0.717, 1.165) is 12.3 Å². The predicted molar refractivity (Wildman–Crippen MR) is 174 cm³/mol. The summed E-state index contributed by atoms with van der Waals surface area (Å²) in [4.78, 5) is 0. The first-order chi connectivity index (χ1) is 19.2. The van der Waals surface area contributed by atoms with Crippen molar-refractivity contribution in [3.05, 3.63) is 62.2 Å². The molecule has 1 heteroatoms. The van der Waals surface area contributed by atoms with E-state index < -0.39 is 0 Å². The Labute approximate surface area is 241 Å². The van der Waals surface area contributed by atoms with Gasteiger partial charge in [0.15, 0.2) is 7.28 Å². The van der Waals surface area contributed by atoms with Gasteiger partial charge in [0.1, 0.15) is 0 Å². The molecule has 1 saturated carbocycles. The molecule has 2 aromatic carbocycles. The van der Waals surface area contributed by atoms with E-state index >= 15 is 0 Å². The highest BCUT2D eigenvalue weighted by Gasteiger charge is 2.31. The van der Waals surface area contributed by atoms with Crippen molar-refractivity contribution in [2.45, 2.75) is 156 Å². The Morgan fingerprint density at radius 2 is 1.15 bits per heavy atom. The van der Waals surface area contributed by atoms with Crippen molar-refractivity contribution in [1.82, 2.24) is 0 Å². The van der Waals surface area contributed by atoms with Gasteiger partial charge in [-0.1, -0.05) is 100 Å². The van der Waals surface area contributed by atoms with E-state index in [2.05, 4.69) is 47.6 Å². The summed E-state index contributed by atoms with van der Waals surface area (Å²) in [5, 5.41) is 0. The fourth-order valence-electron chi connectivity index (χ4n) is 8.88. The minimum atomic E-state index is 0.812. The summed E-state index contributed by atoms with van der Waals surface area (Å²) in [6.45, 7) is 13.9. The number of hydrogen-bond acceptors (Lipinski definition) is 0. The molecule has 0 amide bonds. The van der Waals surface area contributed by atoms with Crippen LogP contribution < -0.4 is 10.9 Å². The van der Waals surface area contributed by atoms with Gasteiger partial charge in [-0.25, -0.2) is 0 Å². The smallest absolute Gasteiger partial charge is 0.0984 e. The highest BCUT2D eigenvalue weighted by atomic mass is 14.3. The van der Waals surface area contributed by atoms with Crippen molar-refractivity contribution in [3.8, 4) is 0 Å². The summed E-state index contributed by atoms with van der Waals surface area (Å²) in [7, 11) is 2.77.